The molecule has 111 valence electrons. The molecule has 0 spiro atoms. The fourth-order valence-electron chi connectivity index (χ4n) is 3.36. The molecule has 1 aromatic rings. The van der Waals surface area contributed by atoms with Crippen molar-refractivity contribution in [3.8, 4) is 0 Å². The third-order valence-electron chi connectivity index (χ3n) is 4.30. The van der Waals surface area contributed by atoms with Gasteiger partial charge in [-0.3, -0.25) is 4.99 Å². The van der Waals surface area contributed by atoms with Crippen molar-refractivity contribution in [3.05, 3.63) is 59.9 Å². The van der Waals surface area contributed by atoms with E-state index in [1.165, 1.54) is 0 Å². The number of dihydropyridines is 1. The summed E-state index contributed by atoms with van der Waals surface area (Å²) in [6.07, 6.45) is 5.99. The van der Waals surface area contributed by atoms with Crippen molar-refractivity contribution < 1.29 is 9.53 Å². The number of carbonyl (C=O) groups is 1. The molecule has 3 aliphatic heterocycles. The van der Waals surface area contributed by atoms with Gasteiger partial charge >= 0.3 is 6.09 Å². The van der Waals surface area contributed by atoms with Crippen molar-refractivity contribution >= 4 is 17.9 Å². The first-order chi connectivity index (χ1) is 10.7. The van der Waals surface area contributed by atoms with Crippen LogP contribution in [0, 0.1) is 18.0 Å². The van der Waals surface area contributed by atoms with Gasteiger partial charge in [-0.05, 0) is 23.1 Å². The number of hydrogen-bond acceptors (Lipinski definition) is 3. The van der Waals surface area contributed by atoms with Crippen LogP contribution in [0.2, 0.25) is 0 Å². The number of aliphatic imine (C=N–C) groups is 1. The molecular weight excluding hydrogens is 276 g/mol. The second-order valence-electron chi connectivity index (χ2n) is 6.05. The Morgan fingerprint density at radius 3 is 2.73 bits per heavy atom. The van der Waals surface area contributed by atoms with E-state index in [9.17, 15) is 4.79 Å². The summed E-state index contributed by atoms with van der Waals surface area (Å²) in [5, 5.41) is 0. The summed E-state index contributed by atoms with van der Waals surface area (Å²) in [6.45, 7) is 4.14. The standard InChI is InChI=1S/C18H17N2O2/c1-11(2)16-15-14(12-7-4-3-5-8-12)13-9-6-10-19-17(13)20(15)18(21)22-16/h3-11,13,16H,1-2H3. The molecular formula is C18H17N2O2. The van der Waals surface area contributed by atoms with E-state index in [-0.39, 0.29) is 24.0 Å². The van der Waals surface area contributed by atoms with E-state index >= 15 is 0 Å². The van der Waals surface area contributed by atoms with Gasteiger partial charge in [0, 0.05) is 6.21 Å². The molecule has 0 N–H and O–H groups in total. The Morgan fingerprint density at radius 2 is 2.00 bits per heavy atom. The summed E-state index contributed by atoms with van der Waals surface area (Å²) < 4.78 is 5.60. The van der Waals surface area contributed by atoms with E-state index in [2.05, 4.69) is 37.0 Å². The molecule has 3 aliphatic rings. The third kappa shape index (κ3) is 1.76. The van der Waals surface area contributed by atoms with Crippen LogP contribution < -0.4 is 0 Å². The van der Waals surface area contributed by atoms with Crippen molar-refractivity contribution in [1.82, 2.24) is 4.90 Å². The number of carbonyl (C=O) groups excluding carboxylic acids is 1. The topological polar surface area (TPSA) is 41.9 Å². The number of allylic oxidation sites excluding steroid dienone is 1. The highest BCUT2D eigenvalue weighted by Gasteiger charge is 2.53. The summed E-state index contributed by atoms with van der Waals surface area (Å²) in [4.78, 5) is 18.5. The minimum Gasteiger partial charge on any atom is -0.439 e. The van der Waals surface area contributed by atoms with Gasteiger partial charge in [0.2, 0.25) is 0 Å². The zero-order valence-corrected chi connectivity index (χ0v) is 12.6. The quantitative estimate of drug-likeness (QED) is 0.835. The van der Waals surface area contributed by atoms with E-state index in [4.69, 9.17) is 4.74 Å². The Balaban J connectivity index is 1.93. The lowest BCUT2D eigenvalue weighted by Crippen LogP contribution is -2.27. The minimum absolute atomic E-state index is 0.0245. The molecule has 0 bridgehead atoms. The van der Waals surface area contributed by atoms with Crippen molar-refractivity contribution in [2.45, 2.75) is 20.0 Å². The molecule has 1 fully saturated rings. The predicted molar refractivity (Wildman–Crippen MR) is 84.7 cm³/mol. The van der Waals surface area contributed by atoms with E-state index in [0.717, 1.165) is 23.0 Å². The second-order valence-corrected chi connectivity index (χ2v) is 6.05. The number of rotatable bonds is 2. The maximum absolute atomic E-state index is 12.4. The van der Waals surface area contributed by atoms with Gasteiger partial charge < -0.3 is 4.74 Å². The van der Waals surface area contributed by atoms with E-state index < -0.39 is 0 Å². The first-order valence-corrected chi connectivity index (χ1v) is 7.56. The smallest absolute Gasteiger partial charge is 0.417 e. The summed E-state index contributed by atoms with van der Waals surface area (Å²) in [6, 6.07) is 10.2. The zero-order chi connectivity index (χ0) is 15.3. The molecule has 1 amide bonds. The zero-order valence-electron chi connectivity index (χ0n) is 12.6. The van der Waals surface area contributed by atoms with Crippen LogP contribution in [-0.2, 0) is 4.74 Å². The normalized spacial score (nSPS) is 26.7. The van der Waals surface area contributed by atoms with Crippen LogP contribution in [0.1, 0.15) is 19.4 Å². The van der Waals surface area contributed by atoms with Gasteiger partial charge in [-0.25, -0.2) is 9.69 Å². The highest BCUT2D eigenvalue weighted by molar-refractivity contribution is 5.90. The molecule has 0 saturated carbocycles. The molecule has 3 heterocycles. The average Bonchev–Trinajstić information content (AvgIpc) is 3.04. The Hall–Kier alpha value is -2.36. The van der Waals surface area contributed by atoms with Gasteiger partial charge in [-0.15, -0.1) is 0 Å². The predicted octanol–water partition coefficient (Wildman–Crippen LogP) is 3.63. The Bertz CT molecular complexity index is 703. The van der Waals surface area contributed by atoms with Crippen LogP contribution in [0.3, 0.4) is 0 Å². The highest BCUT2D eigenvalue weighted by atomic mass is 16.6. The van der Waals surface area contributed by atoms with Crippen LogP contribution in [0.15, 0.2) is 53.2 Å². The molecule has 4 nitrogen and oxygen atoms in total. The van der Waals surface area contributed by atoms with Crippen LogP contribution in [0.4, 0.5) is 4.79 Å². The maximum Gasteiger partial charge on any atom is 0.417 e. The fraction of sp³-hybridized carbons (Fsp3) is 0.278. The number of amides is 1. The summed E-state index contributed by atoms with van der Waals surface area (Å²) in [5.41, 5.74) is 3.20. The number of nitrogens with zero attached hydrogens (tertiary/aromatic N) is 2. The first kappa shape index (κ1) is 13.3. The highest BCUT2D eigenvalue weighted by Crippen LogP contribution is 2.52. The van der Waals surface area contributed by atoms with Crippen molar-refractivity contribution in [2.24, 2.45) is 16.8 Å². The lowest BCUT2D eigenvalue weighted by Gasteiger charge is -2.21. The molecule has 2 unspecified atom stereocenters. The molecule has 2 atom stereocenters. The monoisotopic (exact) mass is 293 g/mol. The molecule has 0 aliphatic carbocycles. The third-order valence-corrected chi connectivity index (χ3v) is 4.30. The van der Waals surface area contributed by atoms with Crippen LogP contribution in [-0.4, -0.2) is 23.3 Å². The SMILES string of the molecule is CC(C)C1OC(=O)N2[C]3N=CC=CC3C(c3ccccc3)=C12. The molecule has 0 aromatic heterocycles. The van der Waals surface area contributed by atoms with Crippen molar-refractivity contribution in [3.63, 3.8) is 0 Å². The Labute approximate surface area is 129 Å². The van der Waals surface area contributed by atoms with Crippen LogP contribution in [0.25, 0.3) is 5.57 Å². The Morgan fingerprint density at radius 1 is 1.23 bits per heavy atom. The lowest BCUT2D eigenvalue weighted by molar-refractivity contribution is 0.114. The Kier molecular flexibility index (Phi) is 2.93. The fourth-order valence-corrected chi connectivity index (χ4v) is 3.36. The van der Waals surface area contributed by atoms with Gasteiger partial charge in [0.15, 0.2) is 6.17 Å². The number of cyclic esters (lactones) is 1. The number of benzene rings is 1. The van der Waals surface area contributed by atoms with Gasteiger partial charge in [0.05, 0.1) is 11.6 Å². The van der Waals surface area contributed by atoms with E-state index in [1.807, 2.05) is 24.3 Å². The maximum atomic E-state index is 12.4. The van der Waals surface area contributed by atoms with Gasteiger partial charge in [-0.2, -0.15) is 0 Å². The number of ether oxygens (including phenoxy) is 1. The molecule has 22 heavy (non-hydrogen) atoms. The summed E-state index contributed by atoms with van der Waals surface area (Å²) in [7, 11) is 0. The van der Waals surface area contributed by atoms with Gasteiger partial charge in [0.1, 0.15) is 6.10 Å². The van der Waals surface area contributed by atoms with Gasteiger partial charge in [0.25, 0.3) is 0 Å². The van der Waals surface area contributed by atoms with Crippen LogP contribution >= 0.6 is 0 Å². The van der Waals surface area contributed by atoms with Crippen LogP contribution in [0.5, 0.6) is 0 Å². The van der Waals surface area contributed by atoms with E-state index in [1.54, 1.807) is 11.1 Å². The largest absolute Gasteiger partial charge is 0.439 e. The lowest BCUT2D eigenvalue weighted by atomic mass is 9.88. The minimum atomic E-state index is -0.313. The molecule has 4 heteroatoms. The second kappa shape index (κ2) is 4.83. The molecule has 1 radical (unpaired) electrons. The average molecular weight is 293 g/mol. The summed E-state index contributed by atoms with van der Waals surface area (Å²) >= 11 is 0. The molecule has 4 rings (SSSR count). The number of hydrogen-bond donors (Lipinski definition) is 0. The first-order valence-electron chi connectivity index (χ1n) is 7.56. The molecule has 1 aromatic carbocycles. The van der Waals surface area contributed by atoms with Crippen molar-refractivity contribution in [1.29, 1.82) is 0 Å². The van der Waals surface area contributed by atoms with Gasteiger partial charge in [-0.1, -0.05) is 50.3 Å². The summed E-state index contributed by atoms with van der Waals surface area (Å²) in [5.74, 6) is 0.243. The van der Waals surface area contributed by atoms with E-state index in [0.29, 0.717) is 0 Å². The molecule has 1 saturated heterocycles. The number of fused-ring (bicyclic) bond motifs is 3. The van der Waals surface area contributed by atoms with Crippen molar-refractivity contribution in [2.75, 3.05) is 0 Å².